The first-order valence-corrected chi connectivity index (χ1v) is 6.25. The lowest BCUT2D eigenvalue weighted by atomic mass is 9.62. The highest BCUT2D eigenvalue weighted by molar-refractivity contribution is 4.95. The van der Waals surface area contributed by atoms with Gasteiger partial charge >= 0.3 is 0 Å². The van der Waals surface area contributed by atoms with Crippen molar-refractivity contribution in [3.8, 4) is 0 Å². The second-order valence-corrected chi connectivity index (χ2v) is 5.54. The molecule has 14 heavy (non-hydrogen) atoms. The van der Waals surface area contributed by atoms with Gasteiger partial charge in [-0.25, -0.2) is 0 Å². The van der Waals surface area contributed by atoms with Gasteiger partial charge in [-0.05, 0) is 42.6 Å². The molecule has 0 aromatic carbocycles. The van der Waals surface area contributed by atoms with Crippen LogP contribution in [0.5, 0.6) is 0 Å². The average molecular weight is 197 g/mol. The Morgan fingerprint density at radius 3 is 2.36 bits per heavy atom. The van der Waals surface area contributed by atoms with Gasteiger partial charge in [0.25, 0.3) is 0 Å². The Hall–Kier alpha value is -0.0400. The zero-order chi connectivity index (χ0) is 10.8. The van der Waals surface area contributed by atoms with E-state index in [9.17, 15) is 0 Å². The molecule has 1 heteroatoms. The number of hydrogen-bond donors (Lipinski definition) is 1. The van der Waals surface area contributed by atoms with Gasteiger partial charge in [-0.15, -0.1) is 0 Å². The van der Waals surface area contributed by atoms with Crippen LogP contribution in [0.2, 0.25) is 0 Å². The Labute approximate surface area is 89.5 Å². The molecule has 0 amide bonds. The van der Waals surface area contributed by atoms with Crippen LogP contribution in [0.25, 0.3) is 0 Å². The standard InChI is InChI=1S/C13H27N/c1-10(2)13(12(4)7-9-14)8-5-6-11(13)3/h10-12H,5-9,14H2,1-4H3. The molecule has 0 spiro atoms. The minimum absolute atomic E-state index is 0.583. The molecule has 0 saturated heterocycles. The van der Waals surface area contributed by atoms with Crippen molar-refractivity contribution in [1.82, 2.24) is 0 Å². The Bertz CT molecular complexity index is 176. The van der Waals surface area contributed by atoms with E-state index in [1.165, 1.54) is 25.7 Å². The van der Waals surface area contributed by atoms with Gasteiger partial charge in [0.15, 0.2) is 0 Å². The van der Waals surface area contributed by atoms with Crippen LogP contribution in [0.15, 0.2) is 0 Å². The third kappa shape index (κ3) is 1.84. The Balaban J connectivity index is 2.81. The van der Waals surface area contributed by atoms with Crippen molar-refractivity contribution < 1.29 is 0 Å². The minimum atomic E-state index is 0.583. The third-order valence-corrected chi connectivity index (χ3v) is 4.76. The maximum absolute atomic E-state index is 5.70. The van der Waals surface area contributed by atoms with E-state index in [-0.39, 0.29) is 0 Å². The maximum Gasteiger partial charge on any atom is -0.00745 e. The van der Waals surface area contributed by atoms with E-state index in [1.807, 2.05) is 0 Å². The summed E-state index contributed by atoms with van der Waals surface area (Å²) >= 11 is 0. The fourth-order valence-electron chi connectivity index (χ4n) is 3.91. The van der Waals surface area contributed by atoms with Crippen LogP contribution in [0.3, 0.4) is 0 Å². The van der Waals surface area contributed by atoms with E-state index in [4.69, 9.17) is 5.73 Å². The molecule has 0 aromatic heterocycles. The first-order chi connectivity index (χ1) is 6.55. The predicted octanol–water partition coefficient (Wildman–Crippen LogP) is 3.43. The lowest BCUT2D eigenvalue weighted by molar-refractivity contribution is 0.0543. The normalized spacial score (nSPS) is 35.1. The lowest BCUT2D eigenvalue weighted by Crippen LogP contribution is -2.37. The smallest absolute Gasteiger partial charge is 0.00745 e. The van der Waals surface area contributed by atoms with Crippen LogP contribution >= 0.6 is 0 Å². The first kappa shape index (κ1) is 12.0. The average Bonchev–Trinajstić information content (AvgIpc) is 2.48. The zero-order valence-electron chi connectivity index (χ0n) is 10.3. The highest BCUT2D eigenvalue weighted by Crippen LogP contribution is 2.54. The number of nitrogens with two attached hydrogens (primary N) is 1. The summed E-state index contributed by atoms with van der Waals surface area (Å²) in [4.78, 5) is 0. The highest BCUT2D eigenvalue weighted by atomic mass is 14.6. The van der Waals surface area contributed by atoms with Gasteiger partial charge < -0.3 is 5.73 Å². The molecule has 0 aromatic rings. The summed E-state index contributed by atoms with van der Waals surface area (Å²) in [7, 11) is 0. The molecule has 0 radical (unpaired) electrons. The molecule has 1 aliphatic carbocycles. The lowest BCUT2D eigenvalue weighted by Gasteiger charge is -2.43. The first-order valence-electron chi connectivity index (χ1n) is 6.25. The minimum Gasteiger partial charge on any atom is -0.330 e. The summed E-state index contributed by atoms with van der Waals surface area (Å²) in [5.74, 6) is 2.50. The van der Waals surface area contributed by atoms with E-state index < -0.39 is 0 Å². The molecular formula is C13H27N. The molecule has 0 bridgehead atoms. The maximum atomic E-state index is 5.70. The van der Waals surface area contributed by atoms with Crippen LogP contribution in [0.4, 0.5) is 0 Å². The molecule has 2 N–H and O–H groups in total. The monoisotopic (exact) mass is 197 g/mol. The molecule has 3 atom stereocenters. The van der Waals surface area contributed by atoms with E-state index in [0.717, 1.165) is 24.3 Å². The van der Waals surface area contributed by atoms with Crippen LogP contribution in [-0.4, -0.2) is 6.54 Å². The number of rotatable bonds is 4. The zero-order valence-corrected chi connectivity index (χ0v) is 10.3. The van der Waals surface area contributed by atoms with Crippen molar-refractivity contribution in [2.75, 3.05) is 6.54 Å². The summed E-state index contributed by atoms with van der Waals surface area (Å²) < 4.78 is 0. The molecule has 0 aliphatic heterocycles. The van der Waals surface area contributed by atoms with Crippen molar-refractivity contribution in [1.29, 1.82) is 0 Å². The SMILES string of the molecule is CC(C)C1(C(C)CCN)CCCC1C. The van der Waals surface area contributed by atoms with Gasteiger partial charge in [-0.2, -0.15) is 0 Å². The molecular weight excluding hydrogens is 170 g/mol. The molecule has 1 aliphatic rings. The largest absolute Gasteiger partial charge is 0.330 e. The summed E-state index contributed by atoms with van der Waals surface area (Å²) in [6.07, 6.45) is 5.47. The van der Waals surface area contributed by atoms with E-state index in [2.05, 4.69) is 27.7 Å². The number of hydrogen-bond acceptors (Lipinski definition) is 1. The van der Waals surface area contributed by atoms with Crippen molar-refractivity contribution in [3.05, 3.63) is 0 Å². The predicted molar refractivity (Wildman–Crippen MR) is 63.1 cm³/mol. The van der Waals surface area contributed by atoms with Crippen molar-refractivity contribution in [2.45, 2.75) is 53.4 Å². The van der Waals surface area contributed by atoms with Crippen molar-refractivity contribution in [3.63, 3.8) is 0 Å². The Morgan fingerprint density at radius 2 is 2.00 bits per heavy atom. The van der Waals surface area contributed by atoms with Crippen LogP contribution in [0.1, 0.15) is 53.4 Å². The van der Waals surface area contributed by atoms with Crippen molar-refractivity contribution in [2.24, 2.45) is 28.9 Å². The Kier molecular flexibility index (Phi) is 4.00. The van der Waals surface area contributed by atoms with Gasteiger partial charge in [0.05, 0.1) is 0 Å². The topological polar surface area (TPSA) is 26.0 Å². The fraction of sp³-hybridized carbons (Fsp3) is 1.00. The van der Waals surface area contributed by atoms with Gasteiger partial charge in [-0.1, -0.05) is 40.5 Å². The van der Waals surface area contributed by atoms with Gasteiger partial charge in [0.2, 0.25) is 0 Å². The Morgan fingerprint density at radius 1 is 1.36 bits per heavy atom. The van der Waals surface area contributed by atoms with Gasteiger partial charge in [-0.3, -0.25) is 0 Å². The summed E-state index contributed by atoms with van der Waals surface area (Å²) in [5.41, 5.74) is 6.28. The summed E-state index contributed by atoms with van der Waals surface area (Å²) in [6.45, 7) is 10.5. The van der Waals surface area contributed by atoms with Gasteiger partial charge in [0, 0.05) is 0 Å². The molecule has 1 saturated carbocycles. The quantitative estimate of drug-likeness (QED) is 0.734. The van der Waals surface area contributed by atoms with E-state index in [1.54, 1.807) is 0 Å². The highest BCUT2D eigenvalue weighted by Gasteiger charge is 2.45. The second-order valence-electron chi connectivity index (χ2n) is 5.54. The van der Waals surface area contributed by atoms with Crippen LogP contribution in [-0.2, 0) is 0 Å². The molecule has 84 valence electrons. The molecule has 0 heterocycles. The summed E-state index contributed by atoms with van der Waals surface area (Å²) in [6, 6.07) is 0. The van der Waals surface area contributed by atoms with Crippen LogP contribution in [0, 0.1) is 23.2 Å². The molecule has 1 nitrogen and oxygen atoms in total. The molecule has 3 unspecified atom stereocenters. The molecule has 1 rings (SSSR count). The van der Waals surface area contributed by atoms with Crippen molar-refractivity contribution >= 4 is 0 Å². The van der Waals surface area contributed by atoms with E-state index in [0.29, 0.717) is 5.41 Å². The van der Waals surface area contributed by atoms with Gasteiger partial charge in [0.1, 0.15) is 0 Å². The fourth-order valence-corrected chi connectivity index (χ4v) is 3.91. The van der Waals surface area contributed by atoms with Crippen LogP contribution < -0.4 is 5.73 Å². The third-order valence-electron chi connectivity index (χ3n) is 4.76. The summed E-state index contributed by atoms with van der Waals surface area (Å²) in [5, 5.41) is 0. The van der Waals surface area contributed by atoms with E-state index >= 15 is 0 Å². The molecule has 1 fully saturated rings. The second kappa shape index (κ2) is 4.65.